The second-order valence-corrected chi connectivity index (χ2v) is 8.68. The van der Waals surface area contributed by atoms with Crippen LogP contribution >= 0.6 is 0 Å². The number of rotatable bonds is 5. The fraction of sp³-hybridized carbons (Fsp3) is 0.143. The lowest BCUT2D eigenvalue weighted by Gasteiger charge is -2.15. The molecule has 0 fully saturated rings. The second kappa shape index (κ2) is 8.68. The maximum absolute atomic E-state index is 12.2. The van der Waals surface area contributed by atoms with Crippen LogP contribution in [-0.2, 0) is 7.05 Å². The van der Waals surface area contributed by atoms with Gasteiger partial charge in [-0.15, -0.1) is 0 Å². The molecule has 0 aliphatic heterocycles. The number of benzene rings is 1. The van der Waals surface area contributed by atoms with Crippen LogP contribution in [0.3, 0.4) is 0 Å². The van der Waals surface area contributed by atoms with Crippen molar-refractivity contribution in [3.8, 4) is 22.3 Å². The molecule has 0 aliphatic rings. The van der Waals surface area contributed by atoms with Gasteiger partial charge in [0.15, 0.2) is 0 Å². The Morgan fingerprint density at radius 1 is 0.971 bits per heavy atom. The monoisotopic (exact) mass is 464 g/mol. The lowest BCUT2D eigenvalue weighted by atomic mass is 10.0. The summed E-state index contributed by atoms with van der Waals surface area (Å²) >= 11 is 0. The summed E-state index contributed by atoms with van der Waals surface area (Å²) in [4.78, 5) is 32.9. The van der Waals surface area contributed by atoms with Crippen molar-refractivity contribution in [2.24, 2.45) is 7.05 Å². The Bertz CT molecular complexity index is 1590. The molecule has 5 rings (SSSR count). The molecule has 0 saturated heterocycles. The number of nitrogens with zero attached hydrogens (tertiary/aromatic N) is 4. The number of aryl methyl sites for hydroxylation is 2. The summed E-state index contributed by atoms with van der Waals surface area (Å²) < 4.78 is 3.73. The molecule has 1 N–H and O–H groups in total. The summed E-state index contributed by atoms with van der Waals surface area (Å²) in [5.41, 5.74) is 7.11. The van der Waals surface area contributed by atoms with Crippen LogP contribution in [0.2, 0.25) is 0 Å². The predicted molar refractivity (Wildman–Crippen MR) is 136 cm³/mol. The molecule has 35 heavy (non-hydrogen) atoms. The number of carboxylic acid groups (broad SMARTS) is 1. The molecule has 0 spiro atoms. The van der Waals surface area contributed by atoms with Crippen LogP contribution < -0.4 is 5.56 Å². The maximum Gasteiger partial charge on any atom is 0.335 e. The molecule has 5 aromatic rings. The Morgan fingerprint density at radius 2 is 1.74 bits per heavy atom. The third-order valence-electron chi connectivity index (χ3n) is 6.34. The molecule has 174 valence electrons. The number of carboxylic acids is 1. The molecule has 0 saturated carbocycles. The van der Waals surface area contributed by atoms with Crippen molar-refractivity contribution in [2.45, 2.75) is 19.9 Å². The van der Waals surface area contributed by atoms with Crippen molar-refractivity contribution in [1.82, 2.24) is 19.1 Å². The molecule has 0 radical (unpaired) electrons. The van der Waals surface area contributed by atoms with Crippen molar-refractivity contribution in [2.75, 3.05) is 0 Å². The summed E-state index contributed by atoms with van der Waals surface area (Å²) in [7, 11) is 1.75. The van der Waals surface area contributed by atoms with Gasteiger partial charge in [-0.2, -0.15) is 0 Å². The van der Waals surface area contributed by atoms with Crippen molar-refractivity contribution in [1.29, 1.82) is 0 Å². The molecule has 4 aromatic heterocycles. The minimum absolute atomic E-state index is 0.0259. The van der Waals surface area contributed by atoms with E-state index in [1.54, 1.807) is 42.1 Å². The Hall–Kier alpha value is -4.52. The van der Waals surface area contributed by atoms with E-state index in [1.807, 2.05) is 49.8 Å². The summed E-state index contributed by atoms with van der Waals surface area (Å²) in [5.74, 6) is -0.960. The number of fused-ring (bicyclic) bond motifs is 1. The van der Waals surface area contributed by atoms with E-state index in [4.69, 9.17) is 4.98 Å². The van der Waals surface area contributed by atoms with Gasteiger partial charge in [-0.25, -0.2) is 4.79 Å². The van der Waals surface area contributed by atoms with E-state index in [0.717, 1.165) is 39.0 Å². The Kier molecular flexibility index (Phi) is 5.53. The number of hydrogen-bond acceptors (Lipinski definition) is 4. The molecule has 7 heteroatoms. The average Bonchev–Trinajstić information content (AvgIpc) is 3.26. The van der Waals surface area contributed by atoms with Crippen molar-refractivity contribution in [3.63, 3.8) is 0 Å². The molecule has 1 aromatic carbocycles. The molecule has 7 nitrogen and oxygen atoms in total. The van der Waals surface area contributed by atoms with Crippen molar-refractivity contribution >= 4 is 17.0 Å². The van der Waals surface area contributed by atoms with Gasteiger partial charge in [0.05, 0.1) is 28.3 Å². The zero-order chi connectivity index (χ0) is 24.7. The number of aromatic carboxylic acids is 1. The summed E-state index contributed by atoms with van der Waals surface area (Å²) in [5, 5.41) is 9.27. The first-order valence-electron chi connectivity index (χ1n) is 11.3. The van der Waals surface area contributed by atoms with Crippen LogP contribution in [0.15, 0.2) is 84.2 Å². The fourth-order valence-electron chi connectivity index (χ4n) is 4.41. The highest BCUT2D eigenvalue weighted by Gasteiger charge is 2.19. The van der Waals surface area contributed by atoms with E-state index in [0.29, 0.717) is 5.56 Å². The van der Waals surface area contributed by atoms with Gasteiger partial charge in [0, 0.05) is 54.1 Å². The molecule has 0 bridgehead atoms. The SMILES string of the molecule is Cc1cc(-c2cnc3c(-c4ccc(C(=O)O)cc4)cn([C@@H](C)c4ccccn4)c3c2)cn(C)c1=O. The topological polar surface area (TPSA) is 90.0 Å². The molecule has 0 aliphatic carbocycles. The predicted octanol–water partition coefficient (Wildman–Crippen LogP) is 5.08. The molecule has 0 unspecified atom stereocenters. The minimum Gasteiger partial charge on any atom is -0.478 e. The van der Waals surface area contributed by atoms with Crippen molar-refractivity contribution < 1.29 is 9.90 Å². The number of hydrogen-bond donors (Lipinski definition) is 1. The van der Waals surface area contributed by atoms with Crippen LogP contribution in [0.25, 0.3) is 33.3 Å². The van der Waals surface area contributed by atoms with Gasteiger partial charge in [0.1, 0.15) is 0 Å². The van der Waals surface area contributed by atoms with E-state index in [1.165, 1.54) is 0 Å². The first-order chi connectivity index (χ1) is 16.8. The lowest BCUT2D eigenvalue weighted by Crippen LogP contribution is -2.18. The van der Waals surface area contributed by atoms with E-state index in [-0.39, 0.29) is 17.2 Å². The summed E-state index contributed by atoms with van der Waals surface area (Å²) in [6.07, 6.45) is 7.45. The van der Waals surface area contributed by atoms with E-state index < -0.39 is 5.97 Å². The van der Waals surface area contributed by atoms with E-state index in [2.05, 4.69) is 22.5 Å². The highest BCUT2D eigenvalue weighted by Crippen LogP contribution is 2.35. The van der Waals surface area contributed by atoms with Crippen molar-refractivity contribution in [3.05, 3.63) is 107 Å². The van der Waals surface area contributed by atoms with Crippen LogP contribution in [0.1, 0.15) is 34.6 Å². The number of carbonyl (C=O) groups is 1. The first-order valence-corrected chi connectivity index (χ1v) is 11.3. The van der Waals surface area contributed by atoms with Gasteiger partial charge in [0.25, 0.3) is 5.56 Å². The quantitative estimate of drug-likeness (QED) is 0.392. The zero-order valence-corrected chi connectivity index (χ0v) is 19.6. The summed E-state index contributed by atoms with van der Waals surface area (Å²) in [6.45, 7) is 3.89. The highest BCUT2D eigenvalue weighted by molar-refractivity contribution is 5.96. The molecular formula is C28H24N4O3. The summed E-state index contributed by atoms with van der Waals surface area (Å²) in [6, 6.07) is 16.6. The third-order valence-corrected chi connectivity index (χ3v) is 6.34. The molecule has 1 atom stereocenters. The second-order valence-electron chi connectivity index (χ2n) is 8.68. The average molecular weight is 465 g/mol. The van der Waals surface area contributed by atoms with Gasteiger partial charge in [0.2, 0.25) is 0 Å². The number of aromatic nitrogens is 4. The van der Waals surface area contributed by atoms with E-state index >= 15 is 0 Å². The highest BCUT2D eigenvalue weighted by atomic mass is 16.4. The van der Waals surface area contributed by atoms with Crippen LogP contribution in [0, 0.1) is 6.92 Å². The Morgan fingerprint density at radius 3 is 2.40 bits per heavy atom. The standard InChI is InChI=1S/C28H24N4O3/c1-17-12-22(15-31(3)27(17)33)21-13-25-26(30-14-21)23(19-7-9-20(10-8-19)28(34)35)16-32(25)18(2)24-6-4-5-11-29-24/h4-16,18H,1-3H3,(H,34,35)/t18-/m0/s1. The minimum atomic E-state index is -0.960. The fourth-order valence-corrected chi connectivity index (χ4v) is 4.41. The van der Waals surface area contributed by atoms with Crippen LogP contribution in [0.5, 0.6) is 0 Å². The van der Waals surface area contributed by atoms with Gasteiger partial charge in [-0.05, 0) is 55.8 Å². The molecule has 0 amide bonds. The largest absolute Gasteiger partial charge is 0.478 e. The normalized spacial score (nSPS) is 12.1. The maximum atomic E-state index is 12.2. The first kappa shape index (κ1) is 22.3. The van der Waals surface area contributed by atoms with E-state index in [9.17, 15) is 14.7 Å². The third kappa shape index (κ3) is 4.01. The van der Waals surface area contributed by atoms with Gasteiger partial charge in [-0.3, -0.25) is 14.8 Å². The molecular weight excluding hydrogens is 440 g/mol. The van der Waals surface area contributed by atoms with Crippen LogP contribution in [0.4, 0.5) is 0 Å². The smallest absolute Gasteiger partial charge is 0.335 e. The lowest BCUT2D eigenvalue weighted by molar-refractivity contribution is 0.0697. The zero-order valence-electron chi connectivity index (χ0n) is 19.6. The Labute approximate surface area is 202 Å². The van der Waals surface area contributed by atoms with Crippen LogP contribution in [-0.4, -0.2) is 30.2 Å². The van der Waals surface area contributed by atoms with Gasteiger partial charge < -0.3 is 14.2 Å². The number of pyridine rings is 3. The van der Waals surface area contributed by atoms with Gasteiger partial charge >= 0.3 is 5.97 Å². The van der Waals surface area contributed by atoms with Gasteiger partial charge in [-0.1, -0.05) is 18.2 Å². The molecule has 4 heterocycles. The Balaban J connectivity index is 1.72.